The largest absolute Gasteiger partial charge is 0.263 e. The molecule has 0 fully saturated rings. The topological polar surface area (TPSA) is 36.7 Å². The van der Waals surface area contributed by atoms with Crippen molar-refractivity contribution in [2.75, 3.05) is 0 Å². The van der Waals surface area contributed by atoms with Crippen LogP contribution in [0.15, 0.2) is 30.6 Å². The number of nitrogens with zero attached hydrogens (tertiary/aromatic N) is 2. The maximum atomic E-state index is 8.78. The van der Waals surface area contributed by atoms with Gasteiger partial charge < -0.3 is 0 Å². The lowest BCUT2D eigenvalue weighted by Gasteiger charge is -1.98. The molecule has 0 aliphatic carbocycles. The summed E-state index contributed by atoms with van der Waals surface area (Å²) in [5.41, 5.74) is 0.578. The second kappa shape index (κ2) is 3.04. The summed E-state index contributed by atoms with van der Waals surface area (Å²) in [4.78, 5) is 3.94. The van der Waals surface area contributed by atoms with Crippen molar-refractivity contribution in [2.24, 2.45) is 0 Å². The van der Waals surface area contributed by atoms with Crippen molar-refractivity contribution in [2.45, 2.75) is 0 Å². The first-order valence-electron chi connectivity index (χ1n) is 3.74. The molecule has 1 heterocycles. The van der Waals surface area contributed by atoms with E-state index in [0.29, 0.717) is 10.6 Å². The van der Waals surface area contributed by atoms with Gasteiger partial charge in [0.25, 0.3) is 0 Å². The molecule has 0 atom stereocenters. The third-order valence-corrected chi connectivity index (χ3v) is 2.08. The van der Waals surface area contributed by atoms with Crippen molar-refractivity contribution in [3.8, 4) is 6.07 Å². The number of halogens is 1. The molecule has 3 heteroatoms. The smallest absolute Gasteiger partial charge is 0.101 e. The Balaban J connectivity index is 2.87. The monoisotopic (exact) mass is 188 g/mol. The summed E-state index contributed by atoms with van der Waals surface area (Å²) in [5, 5.41) is 11.2. The van der Waals surface area contributed by atoms with Gasteiger partial charge in [-0.25, -0.2) is 0 Å². The van der Waals surface area contributed by atoms with Crippen LogP contribution in [0.25, 0.3) is 10.8 Å². The van der Waals surface area contributed by atoms with Crippen LogP contribution in [0.4, 0.5) is 0 Å². The second-order valence-corrected chi connectivity index (χ2v) is 3.10. The predicted octanol–water partition coefficient (Wildman–Crippen LogP) is 2.76. The number of nitriles is 1. The summed E-state index contributed by atoms with van der Waals surface area (Å²) in [6, 6.07) is 7.48. The highest BCUT2D eigenvalue weighted by molar-refractivity contribution is 6.31. The van der Waals surface area contributed by atoms with E-state index >= 15 is 0 Å². The maximum absolute atomic E-state index is 8.78. The minimum Gasteiger partial charge on any atom is -0.263 e. The molecule has 0 aliphatic heterocycles. The Hall–Kier alpha value is -1.59. The molecule has 0 amide bonds. The number of rotatable bonds is 0. The molecule has 0 unspecified atom stereocenters. The first-order valence-corrected chi connectivity index (χ1v) is 4.12. The summed E-state index contributed by atoms with van der Waals surface area (Å²) in [6.07, 6.45) is 3.25. The fourth-order valence-corrected chi connectivity index (χ4v) is 1.42. The lowest BCUT2D eigenvalue weighted by molar-refractivity contribution is 1.34. The van der Waals surface area contributed by atoms with Crippen molar-refractivity contribution in [3.05, 3.63) is 41.2 Å². The maximum Gasteiger partial charge on any atom is 0.101 e. The molecule has 2 nitrogen and oxygen atoms in total. The highest BCUT2D eigenvalue weighted by Crippen LogP contribution is 2.20. The van der Waals surface area contributed by atoms with Crippen LogP contribution in [0.3, 0.4) is 0 Å². The van der Waals surface area contributed by atoms with Crippen LogP contribution < -0.4 is 0 Å². The van der Waals surface area contributed by atoms with Crippen LogP contribution in [0.5, 0.6) is 0 Å². The molecule has 0 saturated carbocycles. The molecule has 0 spiro atoms. The van der Waals surface area contributed by atoms with Gasteiger partial charge in [-0.2, -0.15) is 5.26 Å². The van der Waals surface area contributed by atoms with Crippen LogP contribution in [0.1, 0.15) is 5.56 Å². The molecule has 2 rings (SSSR count). The Labute approximate surface area is 80.4 Å². The molecule has 0 N–H and O–H groups in total. The van der Waals surface area contributed by atoms with Crippen LogP contribution in [0.2, 0.25) is 5.02 Å². The van der Waals surface area contributed by atoms with E-state index in [1.54, 1.807) is 24.5 Å². The van der Waals surface area contributed by atoms with Gasteiger partial charge in [-0.3, -0.25) is 4.98 Å². The average Bonchev–Trinajstić information content (AvgIpc) is 2.16. The number of hydrogen-bond acceptors (Lipinski definition) is 2. The normalized spacial score (nSPS) is 9.85. The molecule has 62 valence electrons. The van der Waals surface area contributed by atoms with Gasteiger partial charge in [-0.05, 0) is 12.1 Å². The SMILES string of the molecule is N#Cc1cncc2cc(Cl)ccc12. The second-order valence-electron chi connectivity index (χ2n) is 2.66. The molecular formula is C10H5ClN2. The minimum absolute atomic E-state index is 0.578. The highest BCUT2D eigenvalue weighted by Gasteiger charge is 2.00. The highest BCUT2D eigenvalue weighted by atomic mass is 35.5. The minimum atomic E-state index is 0.578. The van der Waals surface area contributed by atoms with E-state index in [4.69, 9.17) is 16.9 Å². The Kier molecular flexibility index (Phi) is 1.88. The molecule has 0 aliphatic rings. The third kappa shape index (κ3) is 1.34. The van der Waals surface area contributed by atoms with Gasteiger partial charge in [-0.15, -0.1) is 0 Å². The summed E-state index contributed by atoms with van der Waals surface area (Å²) in [7, 11) is 0. The quantitative estimate of drug-likeness (QED) is 0.638. The van der Waals surface area contributed by atoms with E-state index in [2.05, 4.69) is 11.1 Å². The van der Waals surface area contributed by atoms with E-state index in [1.165, 1.54) is 0 Å². The van der Waals surface area contributed by atoms with Crippen LogP contribution >= 0.6 is 11.6 Å². The van der Waals surface area contributed by atoms with E-state index in [0.717, 1.165) is 10.8 Å². The number of benzene rings is 1. The molecular weight excluding hydrogens is 184 g/mol. The Morgan fingerprint density at radius 2 is 2.15 bits per heavy atom. The third-order valence-electron chi connectivity index (χ3n) is 1.84. The molecule has 2 aromatic rings. The molecule has 0 saturated heterocycles. The van der Waals surface area contributed by atoms with Crippen molar-refractivity contribution in [1.29, 1.82) is 5.26 Å². The van der Waals surface area contributed by atoms with Crippen molar-refractivity contribution >= 4 is 22.4 Å². The molecule has 0 bridgehead atoms. The molecule has 0 radical (unpaired) electrons. The summed E-state index contributed by atoms with van der Waals surface area (Å²) in [5.74, 6) is 0. The van der Waals surface area contributed by atoms with Crippen LogP contribution in [-0.2, 0) is 0 Å². The van der Waals surface area contributed by atoms with E-state index in [1.807, 2.05) is 6.07 Å². The summed E-state index contributed by atoms with van der Waals surface area (Å²) in [6.45, 7) is 0. The summed E-state index contributed by atoms with van der Waals surface area (Å²) < 4.78 is 0. The number of fused-ring (bicyclic) bond motifs is 1. The van der Waals surface area contributed by atoms with Gasteiger partial charge in [0.05, 0.1) is 5.56 Å². The van der Waals surface area contributed by atoms with Gasteiger partial charge >= 0.3 is 0 Å². The molecule has 1 aromatic heterocycles. The zero-order chi connectivity index (χ0) is 9.26. The zero-order valence-electron chi connectivity index (χ0n) is 6.66. The molecule has 1 aromatic carbocycles. The number of hydrogen-bond donors (Lipinski definition) is 0. The van der Waals surface area contributed by atoms with Crippen molar-refractivity contribution in [1.82, 2.24) is 4.98 Å². The predicted molar refractivity (Wildman–Crippen MR) is 51.5 cm³/mol. The van der Waals surface area contributed by atoms with Gasteiger partial charge in [0, 0.05) is 28.2 Å². The first kappa shape index (κ1) is 8.03. The lowest BCUT2D eigenvalue weighted by Crippen LogP contribution is -1.81. The first-order chi connectivity index (χ1) is 6.31. The Morgan fingerprint density at radius 1 is 1.31 bits per heavy atom. The zero-order valence-corrected chi connectivity index (χ0v) is 7.42. The number of aromatic nitrogens is 1. The van der Waals surface area contributed by atoms with Crippen LogP contribution in [0, 0.1) is 11.3 Å². The fraction of sp³-hybridized carbons (Fsp3) is 0. The van der Waals surface area contributed by atoms with E-state index in [-0.39, 0.29) is 0 Å². The average molecular weight is 189 g/mol. The Morgan fingerprint density at radius 3 is 2.92 bits per heavy atom. The van der Waals surface area contributed by atoms with Gasteiger partial charge in [-0.1, -0.05) is 17.7 Å². The lowest BCUT2D eigenvalue weighted by atomic mass is 10.1. The van der Waals surface area contributed by atoms with Crippen molar-refractivity contribution < 1.29 is 0 Å². The van der Waals surface area contributed by atoms with Gasteiger partial charge in [0.1, 0.15) is 6.07 Å². The van der Waals surface area contributed by atoms with E-state index < -0.39 is 0 Å². The van der Waals surface area contributed by atoms with Crippen molar-refractivity contribution in [3.63, 3.8) is 0 Å². The van der Waals surface area contributed by atoms with Gasteiger partial charge in [0.2, 0.25) is 0 Å². The van der Waals surface area contributed by atoms with E-state index in [9.17, 15) is 0 Å². The van der Waals surface area contributed by atoms with Gasteiger partial charge in [0.15, 0.2) is 0 Å². The molecule has 13 heavy (non-hydrogen) atoms. The summed E-state index contributed by atoms with van der Waals surface area (Å²) >= 11 is 5.80. The fourth-order valence-electron chi connectivity index (χ4n) is 1.24. The standard InChI is InChI=1S/C10H5ClN2/c11-9-1-2-10-7(3-9)5-13-6-8(10)4-12/h1-3,5-6H. The van der Waals surface area contributed by atoms with Crippen LogP contribution in [-0.4, -0.2) is 4.98 Å². The Bertz CT molecular complexity index is 500. The number of pyridine rings is 1.